The maximum atomic E-state index is 13.0. The summed E-state index contributed by atoms with van der Waals surface area (Å²) < 4.78 is 100. The number of alkyl halides is 7. The molecule has 1 N–H and O–H groups in total. The van der Waals surface area contributed by atoms with Crippen LogP contribution in [0.2, 0.25) is 0 Å². The van der Waals surface area contributed by atoms with E-state index in [0.29, 0.717) is 12.1 Å². The predicted molar refractivity (Wildman–Crippen MR) is 79.9 cm³/mol. The van der Waals surface area contributed by atoms with E-state index in [0.717, 1.165) is 0 Å². The van der Waals surface area contributed by atoms with Crippen molar-refractivity contribution in [3.05, 3.63) is 34.9 Å². The number of aliphatic hydroxyl groups excluding tert-OH is 1. The van der Waals surface area contributed by atoms with Gasteiger partial charge in [-0.15, -0.1) is 0 Å². The van der Waals surface area contributed by atoms with E-state index >= 15 is 0 Å². The van der Waals surface area contributed by atoms with Gasteiger partial charge in [0.2, 0.25) is 12.2 Å². The number of halogens is 7. The van der Waals surface area contributed by atoms with Gasteiger partial charge in [-0.05, 0) is 24.6 Å². The molecule has 0 saturated heterocycles. The molecule has 1 aromatic carbocycles. The van der Waals surface area contributed by atoms with Crippen LogP contribution in [-0.4, -0.2) is 43.2 Å². The van der Waals surface area contributed by atoms with E-state index in [4.69, 9.17) is 9.47 Å². The lowest BCUT2D eigenvalue weighted by molar-refractivity contribution is -0.143. The van der Waals surface area contributed by atoms with Crippen LogP contribution in [0.4, 0.5) is 30.7 Å². The van der Waals surface area contributed by atoms with Gasteiger partial charge in [0, 0.05) is 19.1 Å². The molecule has 2 rings (SSSR count). The van der Waals surface area contributed by atoms with Crippen molar-refractivity contribution in [2.45, 2.75) is 43.6 Å². The van der Waals surface area contributed by atoms with Gasteiger partial charge in [-0.3, -0.25) is 0 Å². The number of aliphatic hydroxyl groups is 1. The summed E-state index contributed by atoms with van der Waals surface area (Å²) in [6.45, 7) is -0.864. The number of benzene rings is 1. The zero-order chi connectivity index (χ0) is 20.4. The highest BCUT2D eigenvalue weighted by molar-refractivity contribution is 5.95. The van der Waals surface area contributed by atoms with Gasteiger partial charge in [-0.2, -0.15) is 26.3 Å². The number of rotatable bonds is 5. The highest BCUT2D eigenvalue weighted by Crippen LogP contribution is 2.37. The molecule has 0 spiro atoms. The fourth-order valence-electron chi connectivity index (χ4n) is 2.55. The van der Waals surface area contributed by atoms with Crippen molar-refractivity contribution in [3.63, 3.8) is 0 Å². The van der Waals surface area contributed by atoms with Crippen LogP contribution in [0.1, 0.15) is 29.5 Å². The van der Waals surface area contributed by atoms with Crippen LogP contribution < -0.4 is 0 Å². The first-order valence-corrected chi connectivity index (χ1v) is 7.75. The van der Waals surface area contributed by atoms with Gasteiger partial charge in [0.15, 0.2) is 0 Å². The Kier molecular flexibility index (Phi) is 6.35. The van der Waals surface area contributed by atoms with Crippen LogP contribution in [-0.2, 0) is 21.8 Å². The number of nitrogens with zero attached hydrogens (tertiary/aromatic N) is 1. The van der Waals surface area contributed by atoms with Gasteiger partial charge < -0.3 is 14.6 Å². The summed E-state index contributed by atoms with van der Waals surface area (Å²) in [4.78, 5) is 3.94. The van der Waals surface area contributed by atoms with Crippen molar-refractivity contribution in [1.82, 2.24) is 0 Å². The first kappa shape index (κ1) is 21.4. The Labute approximate surface area is 149 Å². The van der Waals surface area contributed by atoms with Crippen LogP contribution in [0, 0.1) is 0 Å². The van der Waals surface area contributed by atoms with Crippen molar-refractivity contribution in [2.24, 2.45) is 4.99 Å². The molecule has 1 aromatic rings. The number of hydrogen-bond acceptors (Lipinski definition) is 4. The van der Waals surface area contributed by atoms with Crippen LogP contribution in [0.3, 0.4) is 0 Å². The first-order valence-electron chi connectivity index (χ1n) is 7.75. The number of ether oxygens (including phenoxy) is 2. The lowest BCUT2D eigenvalue weighted by Gasteiger charge is -2.27. The van der Waals surface area contributed by atoms with Crippen molar-refractivity contribution in [3.8, 4) is 0 Å². The molecule has 0 saturated carbocycles. The van der Waals surface area contributed by atoms with Gasteiger partial charge in [0.1, 0.15) is 6.67 Å². The summed E-state index contributed by atoms with van der Waals surface area (Å²) in [7, 11) is 1.24. The third-order valence-electron chi connectivity index (χ3n) is 3.90. The van der Waals surface area contributed by atoms with Gasteiger partial charge in [0.25, 0.3) is 0 Å². The monoisotopic (exact) mass is 403 g/mol. The first-order chi connectivity index (χ1) is 12.4. The largest absolute Gasteiger partial charge is 0.448 e. The summed E-state index contributed by atoms with van der Waals surface area (Å²) in [5.41, 5.74) is -3.65. The summed E-state index contributed by atoms with van der Waals surface area (Å²) in [5, 5.41) is 9.75. The van der Waals surface area contributed by atoms with Crippen LogP contribution >= 0.6 is 0 Å². The van der Waals surface area contributed by atoms with Crippen molar-refractivity contribution in [2.75, 3.05) is 13.8 Å². The van der Waals surface area contributed by atoms with E-state index < -0.39 is 60.1 Å². The third kappa shape index (κ3) is 5.55. The Bertz CT molecular complexity index is 651. The molecular formula is C16H16F7NO3. The number of methoxy groups -OCH3 is 1. The molecule has 1 heterocycles. The second kappa shape index (κ2) is 8.01. The minimum absolute atomic E-state index is 0.0230. The lowest BCUT2D eigenvalue weighted by atomic mass is 10.0. The molecule has 3 unspecified atom stereocenters. The topological polar surface area (TPSA) is 51.0 Å². The van der Waals surface area contributed by atoms with Gasteiger partial charge in [-0.25, -0.2) is 9.38 Å². The minimum Gasteiger partial charge on any atom is -0.448 e. The molecule has 1 aliphatic rings. The quantitative estimate of drug-likeness (QED) is 0.758. The smallest absolute Gasteiger partial charge is 0.416 e. The molecule has 3 atom stereocenters. The van der Waals surface area contributed by atoms with E-state index in [1.807, 2.05) is 0 Å². The molecule has 152 valence electrons. The molecule has 1 aliphatic heterocycles. The maximum absolute atomic E-state index is 13.0. The van der Waals surface area contributed by atoms with Crippen LogP contribution in [0.15, 0.2) is 23.2 Å². The highest BCUT2D eigenvalue weighted by Gasteiger charge is 2.38. The Balaban J connectivity index is 2.46. The lowest BCUT2D eigenvalue weighted by Crippen LogP contribution is -2.33. The average molecular weight is 403 g/mol. The van der Waals surface area contributed by atoms with E-state index in [1.54, 1.807) is 0 Å². The Morgan fingerprint density at radius 3 is 2.15 bits per heavy atom. The fraction of sp³-hybridized carbons (Fsp3) is 0.562. The summed E-state index contributed by atoms with van der Waals surface area (Å²) >= 11 is 0. The number of hydrogen-bond donors (Lipinski definition) is 1. The highest BCUT2D eigenvalue weighted by atomic mass is 19.4. The molecule has 0 fully saturated rings. The SMILES string of the molecule is COC(CF)CC1CC(O)OC(c2cc(C(F)(F)F)cc(C(F)(F)F)c2)=N1. The minimum atomic E-state index is -5.03. The van der Waals surface area contributed by atoms with E-state index in [1.165, 1.54) is 7.11 Å². The third-order valence-corrected chi connectivity index (χ3v) is 3.90. The number of aliphatic imine (C=N–C) groups is 1. The molecule has 0 bridgehead atoms. The van der Waals surface area contributed by atoms with E-state index in [-0.39, 0.29) is 18.9 Å². The molecule has 27 heavy (non-hydrogen) atoms. The summed E-state index contributed by atoms with van der Waals surface area (Å²) in [6.07, 6.45) is -12.6. The second-order valence-corrected chi connectivity index (χ2v) is 5.94. The summed E-state index contributed by atoms with van der Waals surface area (Å²) in [5.74, 6) is -0.580. The Hall–Kier alpha value is -1.88. The molecule has 0 radical (unpaired) electrons. The van der Waals surface area contributed by atoms with Gasteiger partial charge in [0.05, 0.1) is 23.3 Å². The van der Waals surface area contributed by atoms with Gasteiger partial charge >= 0.3 is 12.4 Å². The van der Waals surface area contributed by atoms with Crippen LogP contribution in [0.5, 0.6) is 0 Å². The standard InChI is InChI=1S/C16H16F7NO3/c1-26-12(7-17)5-11-6-13(25)27-14(24-11)8-2-9(15(18,19)20)4-10(3-8)16(21,22)23/h2-4,11-13,25H,5-7H2,1H3. The van der Waals surface area contributed by atoms with Crippen molar-refractivity contribution < 1.29 is 45.3 Å². The normalized spacial score (nSPS) is 22.2. The zero-order valence-electron chi connectivity index (χ0n) is 13.9. The van der Waals surface area contributed by atoms with Crippen molar-refractivity contribution >= 4 is 5.90 Å². The van der Waals surface area contributed by atoms with Crippen molar-refractivity contribution in [1.29, 1.82) is 0 Å². The molecule has 4 nitrogen and oxygen atoms in total. The van der Waals surface area contributed by atoms with Gasteiger partial charge in [-0.1, -0.05) is 0 Å². The molecule has 0 aliphatic carbocycles. The summed E-state index contributed by atoms with van der Waals surface area (Å²) in [6, 6.07) is 0.0802. The second-order valence-electron chi connectivity index (χ2n) is 5.94. The van der Waals surface area contributed by atoms with Crippen LogP contribution in [0.25, 0.3) is 0 Å². The molecule has 0 amide bonds. The average Bonchev–Trinajstić information content (AvgIpc) is 2.57. The van der Waals surface area contributed by atoms with E-state index in [2.05, 4.69) is 4.99 Å². The van der Waals surface area contributed by atoms with E-state index in [9.17, 15) is 35.8 Å². The fourth-order valence-corrected chi connectivity index (χ4v) is 2.55. The Morgan fingerprint density at radius 2 is 1.70 bits per heavy atom. The Morgan fingerprint density at radius 1 is 1.15 bits per heavy atom. The molecular weight excluding hydrogens is 387 g/mol. The molecule has 11 heteroatoms. The molecule has 0 aromatic heterocycles. The zero-order valence-corrected chi connectivity index (χ0v) is 13.9. The maximum Gasteiger partial charge on any atom is 0.416 e. The predicted octanol–water partition coefficient (Wildman–Crippen LogP) is 3.95.